The molecule has 0 atom stereocenters. The fourth-order valence-corrected chi connectivity index (χ4v) is 4.03. The van der Waals surface area contributed by atoms with Crippen LogP contribution in [-0.4, -0.2) is 64.3 Å². The smallest absolute Gasteiger partial charge is 0.294 e. The van der Waals surface area contributed by atoms with Crippen LogP contribution in [0.25, 0.3) is 28.8 Å². The highest BCUT2D eigenvalue weighted by molar-refractivity contribution is 7.85. The van der Waals surface area contributed by atoms with E-state index in [4.69, 9.17) is 14.7 Å². The van der Waals surface area contributed by atoms with E-state index in [1.165, 1.54) is 21.4 Å². The van der Waals surface area contributed by atoms with Crippen molar-refractivity contribution in [3.05, 3.63) is 78.6 Å². The minimum atomic E-state index is -4.00. The van der Waals surface area contributed by atoms with Gasteiger partial charge in [-0.1, -0.05) is 42.5 Å². The molecule has 0 saturated heterocycles. The molecule has 0 amide bonds. The lowest BCUT2D eigenvalue weighted by molar-refractivity contribution is 0.483. The van der Waals surface area contributed by atoms with Gasteiger partial charge in [-0.3, -0.25) is 4.55 Å². The normalized spacial score (nSPS) is 11.2. The Balaban J connectivity index is 0.000000274. The zero-order valence-electron chi connectivity index (χ0n) is 21.0. The van der Waals surface area contributed by atoms with Crippen LogP contribution in [0, 0.1) is 0 Å². The maximum absolute atomic E-state index is 10.4. The predicted molar refractivity (Wildman–Crippen MR) is 143 cm³/mol. The molecule has 4 N–H and O–H groups in total. The molecule has 0 spiro atoms. The maximum Gasteiger partial charge on any atom is 0.294 e. The van der Waals surface area contributed by atoms with Crippen LogP contribution >= 0.6 is 0 Å². The lowest BCUT2D eigenvalue weighted by Crippen LogP contribution is -2.12. The molecule has 4 heterocycles. The van der Waals surface area contributed by atoms with Crippen molar-refractivity contribution in [1.82, 2.24) is 44.8 Å². The van der Waals surface area contributed by atoms with E-state index in [-0.39, 0.29) is 10.8 Å². The maximum atomic E-state index is 10.4. The minimum Gasteiger partial charge on any atom is -0.461 e. The summed E-state index contributed by atoms with van der Waals surface area (Å²) in [5, 5.41) is 19.5. The van der Waals surface area contributed by atoms with Crippen molar-refractivity contribution in [3.63, 3.8) is 0 Å². The number of benzene rings is 2. The number of hydrogen-bond donors (Lipinski definition) is 3. The quantitative estimate of drug-likeness (QED) is 0.239. The van der Waals surface area contributed by atoms with Gasteiger partial charge in [-0.05, 0) is 41.5 Å². The van der Waals surface area contributed by atoms with Crippen molar-refractivity contribution in [2.24, 2.45) is 7.05 Å². The van der Waals surface area contributed by atoms with Gasteiger partial charge in [-0.25, -0.2) is 0 Å². The van der Waals surface area contributed by atoms with Gasteiger partial charge in [0.1, 0.15) is 0 Å². The molecule has 40 heavy (non-hydrogen) atoms. The topological polar surface area (TPSA) is 205 Å². The zero-order chi connectivity index (χ0) is 28.1. The van der Waals surface area contributed by atoms with E-state index in [0.717, 1.165) is 17.5 Å². The molecule has 204 valence electrons. The molecule has 0 aliphatic rings. The number of nitrogens with zero attached hydrogens (tertiary/aromatic N) is 9. The van der Waals surface area contributed by atoms with Crippen LogP contribution in [-0.2, 0) is 23.6 Å². The minimum absolute atomic E-state index is 0.0741. The number of nitrogens with one attached hydrogen (secondary N) is 1. The summed E-state index contributed by atoms with van der Waals surface area (Å²) in [7, 11) is -2.27. The molecule has 0 radical (unpaired) electrons. The highest BCUT2D eigenvalue weighted by Gasteiger charge is 2.14. The molecule has 0 unspecified atom stereocenters. The number of anilines is 2. The van der Waals surface area contributed by atoms with Crippen LogP contribution in [0.4, 0.5) is 11.9 Å². The first-order chi connectivity index (χ1) is 19.3. The Hall–Kier alpha value is -5.22. The summed E-state index contributed by atoms with van der Waals surface area (Å²) >= 11 is 0. The van der Waals surface area contributed by atoms with Crippen LogP contribution in [0.3, 0.4) is 0 Å². The Morgan fingerprint density at radius 2 is 1.73 bits per heavy atom. The van der Waals surface area contributed by atoms with Gasteiger partial charge in [0.05, 0.1) is 18.2 Å². The number of nitrogen functional groups attached to an aromatic ring is 1. The third-order valence-corrected chi connectivity index (χ3v) is 6.30. The highest BCUT2D eigenvalue weighted by Crippen LogP contribution is 2.18. The summed E-state index contributed by atoms with van der Waals surface area (Å²) in [6, 6.07) is 19.0. The van der Waals surface area contributed by atoms with E-state index in [9.17, 15) is 8.42 Å². The van der Waals surface area contributed by atoms with E-state index in [2.05, 4.69) is 40.8 Å². The van der Waals surface area contributed by atoms with Crippen molar-refractivity contribution in [2.45, 2.75) is 11.3 Å². The van der Waals surface area contributed by atoms with Crippen LogP contribution < -0.4 is 11.1 Å². The lowest BCUT2D eigenvalue weighted by atomic mass is 10.1. The third-order valence-electron chi connectivity index (χ3n) is 5.43. The third kappa shape index (κ3) is 6.25. The van der Waals surface area contributed by atoms with E-state index < -0.39 is 10.1 Å². The Morgan fingerprint density at radius 3 is 2.35 bits per heavy atom. The molecular weight excluding hydrogens is 538 g/mol. The van der Waals surface area contributed by atoms with Crippen molar-refractivity contribution >= 4 is 27.8 Å². The van der Waals surface area contributed by atoms with Crippen molar-refractivity contribution in [3.8, 4) is 23.0 Å². The molecular formula is C24H23N11O4S. The Labute approximate surface area is 227 Å². The average molecular weight is 562 g/mol. The fourth-order valence-electron chi connectivity index (χ4n) is 3.53. The molecule has 0 saturated carbocycles. The van der Waals surface area contributed by atoms with Gasteiger partial charge in [0, 0.05) is 12.1 Å². The molecule has 16 heteroatoms. The lowest BCUT2D eigenvalue weighted by Gasteiger charge is -2.06. The van der Waals surface area contributed by atoms with E-state index >= 15 is 0 Å². The molecule has 0 aliphatic carbocycles. The second kappa shape index (κ2) is 11.3. The second-order valence-electron chi connectivity index (χ2n) is 8.29. The SMILES string of the molecule is Cn1nnc(-c2ccc(CCNc3nc(N)n4nc(-c5ccco5)nc4n3)cc2)n1.O=S(=O)(O)c1ccccc1. The molecule has 0 aliphatic heterocycles. The standard InChI is InChI=1S/C18H17N11O.C6H6O3S/c1-28-25-14(24-27-28)12-6-4-11(5-7-12)8-9-20-17-22-16(19)29-18(23-17)21-15(26-29)13-3-2-10-30-13;7-10(8,9)6-4-2-1-3-5-6/h2-7,10H,8-9H2,1H3,(H3,19,20,21,22,23,26);1-5H,(H,7,8,9). The first-order valence-electron chi connectivity index (χ1n) is 11.8. The molecule has 6 aromatic rings. The molecule has 4 aromatic heterocycles. The van der Waals surface area contributed by atoms with Gasteiger partial charge in [-0.2, -0.15) is 32.7 Å². The average Bonchev–Trinajstić information content (AvgIpc) is 3.71. The summed E-state index contributed by atoms with van der Waals surface area (Å²) in [6.07, 6.45) is 2.33. The van der Waals surface area contributed by atoms with Crippen LogP contribution in [0.2, 0.25) is 0 Å². The Bertz CT molecular complexity index is 1820. The van der Waals surface area contributed by atoms with Crippen molar-refractivity contribution in [1.29, 1.82) is 0 Å². The van der Waals surface area contributed by atoms with Gasteiger partial charge >= 0.3 is 0 Å². The van der Waals surface area contributed by atoms with Gasteiger partial charge < -0.3 is 15.5 Å². The van der Waals surface area contributed by atoms with Crippen LogP contribution in [0.1, 0.15) is 5.56 Å². The fraction of sp³-hybridized carbons (Fsp3) is 0.125. The van der Waals surface area contributed by atoms with Gasteiger partial charge in [0.2, 0.25) is 23.5 Å². The van der Waals surface area contributed by atoms with Crippen LogP contribution in [0.15, 0.2) is 82.3 Å². The predicted octanol–water partition coefficient (Wildman–Crippen LogP) is 2.14. The first-order valence-corrected chi connectivity index (χ1v) is 13.2. The summed E-state index contributed by atoms with van der Waals surface area (Å²) in [4.78, 5) is 14.3. The van der Waals surface area contributed by atoms with E-state index in [1.54, 1.807) is 43.6 Å². The second-order valence-corrected chi connectivity index (χ2v) is 9.72. The number of rotatable bonds is 7. The largest absolute Gasteiger partial charge is 0.461 e. The summed E-state index contributed by atoms with van der Waals surface area (Å²) in [5.74, 6) is 2.46. The number of aromatic nitrogens is 9. The van der Waals surface area contributed by atoms with Gasteiger partial charge in [0.25, 0.3) is 15.9 Å². The molecule has 0 bridgehead atoms. The Kier molecular flexibility index (Phi) is 7.43. The summed E-state index contributed by atoms with van der Waals surface area (Å²) < 4.78 is 35.9. The number of tetrazole rings is 1. The summed E-state index contributed by atoms with van der Waals surface area (Å²) in [6.45, 7) is 0.623. The van der Waals surface area contributed by atoms with E-state index in [0.29, 0.717) is 35.7 Å². The number of nitrogens with two attached hydrogens (primary N) is 1. The number of furan rings is 1. The molecule has 2 aromatic carbocycles. The van der Waals surface area contributed by atoms with E-state index in [1.807, 2.05) is 24.3 Å². The Morgan fingerprint density at radius 1 is 0.950 bits per heavy atom. The molecule has 15 nitrogen and oxygen atoms in total. The number of fused-ring (bicyclic) bond motifs is 1. The molecule has 6 rings (SSSR count). The summed E-state index contributed by atoms with van der Waals surface area (Å²) in [5.41, 5.74) is 8.06. The number of hydrogen-bond acceptors (Lipinski definition) is 12. The first kappa shape index (κ1) is 26.4. The van der Waals surface area contributed by atoms with Gasteiger partial charge in [0.15, 0.2) is 5.76 Å². The zero-order valence-corrected chi connectivity index (χ0v) is 21.8. The highest BCUT2D eigenvalue weighted by atomic mass is 32.2. The van der Waals surface area contributed by atoms with Crippen molar-refractivity contribution < 1.29 is 17.4 Å². The van der Waals surface area contributed by atoms with Crippen molar-refractivity contribution in [2.75, 3.05) is 17.6 Å². The monoisotopic (exact) mass is 561 g/mol. The van der Waals surface area contributed by atoms with Gasteiger partial charge in [-0.15, -0.1) is 15.3 Å². The van der Waals surface area contributed by atoms with Crippen LogP contribution in [0.5, 0.6) is 0 Å². The number of aryl methyl sites for hydroxylation is 1. The molecule has 0 fully saturated rings.